The number of nitrogens with zero attached hydrogens (tertiary/aromatic N) is 1. The van der Waals surface area contributed by atoms with E-state index in [1.54, 1.807) is 13.9 Å². The molecule has 0 aromatic heterocycles. The molecule has 0 bridgehead atoms. The van der Waals surface area contributed by atoms with Crippen molar-refractivity contribution in [3.05, 3.63) is 0 Å². The van der Waals surface area contributed by atoms with Gasteiger partial charge < -0.3 is 0 Å². The molecule has 0 rings (SSSR count). The molecule has 24 valence electrons. The van der Waals surface area contributed by atoms with Crippen LogP contribution in [0.25, 0.3) is 0 Å². The van der Waals surface area contributed by atoms with Gasteiger partial charge in [-0.05, 0) is 0 Å². The second-order valence-electron chi connectivity index (χ2n) is 0.516. The topological polar surface area (TPSA) is 12.4 Å². The van der Waals surface area contributed by atoms with E-state index >= 15 is 0 Å². The third-order valence-electron chi connectivity index (χ3n) is 0.204. The van der Waals surface area contributed by atoms with E-state index in [9.17, 15) is 0 Å². The quantitative estimate of drug-likeness (QED) is 0.288. The van der Waals surface area contributed by atoms with Gasteiger partial charge in [-0.25, -0.2) is 0 Å². The summed E-state index contributed by atoms with van der Waals surface area (Å²) in [5.74, 6) is 0. The maximum absolute atomic E-state index is 4.69. The fraction of sp³-hybridized carbons (Fsp3) is 0.333. The SMILES string of the molecule is C#CN=BC. The summed E-state index contributed by atoms with van der Waals surface area (Å²) in [6.07, 6.45) is 4.69. The minimum absolute atomic E-state index is 1.57. The molecule has 0 saturated heterocycles. The molecule has 0 amide bonds. The van der Waals surface area contributed by atoms with E-state index in [-0.39, 0.29) is 0 Å². The maximum atomic E-state index is 4.69. The molecule has 0 spiro atoms. The van der Waals surface area contributed by atoms with E-state index in [4.69, 9.17) is 6.42 Å². The van der Waals surface area contributed by atoms with E-state index in [1.165, 1.54) is 0 Å². The number of hydrogen-bond acceptors (Lipinski definition) is 1. The Morgan fingerprint density at radius 2 is 2.60 bits per heavy atom. The molecular weight excluding hydrogens is 60.9 g/mol. The van der Waals surface area contributed by atoms with Gasteiger partial charge in [0.2, 0.25) is 0 Å². The Labute approximate surface area is 32.4 Å². The van der Waals surface area contributed by atoms with Gasteiger partial charge in [0.25, 0.3) is 0 Å². The van der Waals surface area contributed by atoms with Crippen molar-refractivity contribution in [1.82, 2.24) is 0 Å². The van der Waals surface area contributed by atoms with Gasteiger partial charge in [0.1, 0.15) is 0 Å². The molecular formula is C3H4BN. The van der Waals surface area contributed by atoms with Gasteiger partial charge in [-0.15, -0.1) is 0 Å². The second-order valence-corrected chi connectivity index (χ2v) is 0.516. The average Bonchev–Trinajstić information content (AvgIpc) is 1.41. The molecule has 0 aromatic carbocycles. The van der Waals surface area contributed by atoms with Crippen LogP contribution in [0.2, 0.25) is 6.82 Å². The number of terminal acetylenes is 1. The minimum atomic E-state index is 1.57. The van der Waals surface area contributed by atoms with Crippen molar-refractivity contribution >= 4 is 7.07 Å². The van der Waals surface area contributed by atoms with Crippen LogP contribution in [0.5, 0.6) is 0 Å². The molecule has 0 atom stereocenters. The Morgan fingerprint density at radius 3 is 2.60 bits per heavy atom. The first-order chi connectivity index (χ1) is 2.41. The Hall–Kier alpha value is -0.575. The van der Waals surface area contributed by atoms with Gasteiger partial charge in [0, 0.05) is 0 Å². The van der Waals surface area contributed by atoms with E-state index in [2.05, 4.69) is 10.9 Å². The Balaban J connectivity index is 3.04. The molecule has 0 aromatic rings. The van der Waals surface area contributed by atoms with Crippen molar-refractivity contribution < 1.29 is 0 Å². The summed E-state index contributed by atoms with van der Waals surface area (Å²) in [7, 11) is 1.57. The van der Waals surface area contributed by atoms with Gasteiger partial charge in [0.15, 0.2) is 0 Å². The summed E-state index contributed by atoms with van der Waals surface area (Å²) < 4.78 is 0. The summed E-state index contributed by atoms with van der Waals surface area (Å²) in [5, 5.41) is 0. The zero-order valence-corrected chi connectivity index (χ0v) is 3.10. The molecule has 0 heterocycles. The summed E-state index contributed by atoms with van der Waals surface area (Å²) in [6.45, 7) is 1.78. The van der Waals surface area contributed by atoms with Crippen molar-refractivity contribution in [2.75, 3.05) is 0 Å². The van der Waals surface area contributed by atoms with Crippen molar-refractivity contribution in [2.45, 2.75) is 6.82 Å². The van der Waals surface area contributed by atoms with Crippen LogP contribution in [0.3, 0.4) is 0 Å². The Morgan fingerprint density at radius 1 is 2.00 bits per heavy atom. The van der Waals surface area contributed by atoms with Crippen molar-refractivity contribution in [3.63, 3.8) is 0 Å². The van der Waals surface area contributed by atoms with Crippen LogP contribution in [0, 0.1) is 12.5 Å². The molecule has 0 unspecified atom stereocenters. The van der Waals surface area contributed by atoms with Crippen molar-refractivity contribution in [1.29, 1.82) is 0 Å². The second kappa shape index (κ2) is 3.42. The molecule has 0 saturated carbocycles. The van der Waals surface area contributed by atoms with E-state index < -0.39 is 0 Å². The molecule has 0 aliphatic heterocycles. The van der Waals surface area contributed by atoms with Crippen LogP contribution in [0.15, 0.2) is 4.90 Å². The average molecular weight is 64.9 g/mol. The molecule has 0 radical (unpaired) electrons. The van der Waals surface area contributed by atoms with Gasteiger partial charge in [-0.3, -0.25) is 0 Å². The van der Waals surface area contributed by atoms with Gasteiger partial charge in [-0.1, -0.05) is 0 Å². The van der Waals surface area contributed by atoms with Crippen molar-refractivity contribution in [2.24, 2.45) is 4.90 Å². The molecule has 2 heteroatoms. The van der Waals surface area contributed by atoms with E-state index in [0.29, 0.717) is 0 Å². The van der Waals surface area contributed by atoms with E-state index in [0.717, 1.165) is 0 Å². The fourth-order valence-electron chi connectivity index (χ4n) is 0.0745. The zero-order chi connectivity index (χ0) is 4.12. The molecule has 0 N–H and O–H groups in total. The normalized spacial score (nSPS) is 6.40. The van der Waals surface area contributed by atoms with Crippen LogP contribution >= 0.6 is 0 Å². The number of rotatable bonds is 0. The third kappa shape index (κ3) is 3.42. The van der Waals surface area contributed by atoms with Crippen LogP contribution in [-0.2, 0) is 0 Å². The fourth-order valence-corrected chi connectivity index (χ4v) is 0.0745. The predicted molar refractivity (Wildman–Crippen MR) is 22.9 cm³/mol. The molecule has 0 fully saturated rings. The summed E-state index contributed by atoms with van der Waals surface area (Å²) in [5.41, 5.74) is 0. The first kappa shape index (κ1) is 4.42. The predicted octanol–water partition coefficient (Wildman–Crippen LogP) is 0.513. The van der Waals surface area contributed by atoms with Gasteiger partial charge in [-0.2, -0.15) is 0 Å². The van der Waals surface area contributed by atoms with Crippen LogP contribution in [0.4, 0.5) is 0 Å². The van der Waals surface area contributed by atoms with Gasteiger partial charge in [0.05, 0.1) is 0 Å². The van der Waals surface area contributed by atoms with E-state index in [1.807, 2.05) is 0 Å². The Bertz CT molecular complexity index is 69.5. The summed E-state index contributed by atoms with van der Waals surface area (Å²) in [6, 6.07) is 2.09. The van der Waals surface area contributed by atoms with Crippen LogP contribution in [0.1, 0.15) is 0 Å². The molecule has 0 aliphatic rings. The Kier molecular flexibility index (Phi) is 3.03. The molecule has 5 heavy (non-hydrogen) atoms. The monoisotopic (exact) mass is 65.0 g/mol. The van der Waals surface area contributed by atoms with Gasteiger partial charge >= 0.3 is 31.3 Å². The zero-order valence-electron chi connectivity index (χ0n) is 3.10. The summed E-state index contributed by atoms with van der Waals surface area (Å²) in [4.78, 5) is 3.38. The third-order valence-corrected chi connectivity index (χ3v) is 0.204. The van der Waals surface area contributed by atoms with Crippen LogP contribution < -0.4 is 0 Å². The first-order valence-electron chi connectivity index (χ1n) is 1.35. The summed E-state index contributed by atoms with van der Waals surface area (Å²) >= 11 is 0. The number of hydrogen-bond donors (Lipinski definition) is 0. The standard InChI is InChI=1S/C3H4BN/c1-3-5-4-2/h1H,2H3. The van der Waals surface area contributed by atoms with Crippen molar-refractivity contribution in [3.8, 4) is 12.5 Å². The van der Waals surface area contributed by atoms with Crippen LogP contribution in [-0.4, -0.2) is 7.07 Å². The molecule has 1 nitrogen and oxygen atoms in total. The first-order valence-corrected chi connectivity index (χ1v) is 1.35. The molecule has 0 aliphatic carbocycles.